The summed E-state index contributed by atoms with van der Waals surface area (Å²) in [6, 6.07) is 13.2. The first-order valence-electron chi connectivity index (χ1n) is 6.08. The third-order valence-electron chi connectivity index (χ3n) is 2.60. The molecule has 2 aromatic carbocycles. The summed E-state index contributed by atoms with van der Waals surface area (Å²) in [5.41, 5.74) is 1.42. The number of benzene rings is 2. The van der Waals surface area contributed by atoms with Gasteiger partial charge in [-0.2, -0.15) is 0 Å². The van der Waals surface area contributed by atoms with Gasteiger partial charge in [0.2, 0.25) is 5.91 Å². The van der Waals surface area contributed by atoms with E-state index < -0.39 is 0 Å². The van der Waals surface area contributed by atoms with E-state index in [0.29, 0.717) is 11.4 Å². The molecule has 2 rings (SSSR count). The molecule has 0 aliphatic rings. The molecular formula is C16H14FNO2. The van der Waals surface area contributed by atoms with E-state index in [9.17, 15) is 9.18 Å². The maximum absolute atomic E-state index is 13.0. The van der Waals surface area contributed by atoms with Gasteiger partial charge in [0.05, 0.1) is 0 Å². The van der Waals surface area contributed by atoms with Crippen LogP contribution in [0, 0.1) is 5.82 Å². The second kappa shape index (κ2) is 6.52. The van der Waals surface area contributed by atoms with Crippen molar-refractivity contribution in [2.75, 3.05) is 5.32 Å². The Kier molecular flexibility index (Phi) is 4.50. The lowest BCUT2D eigenvalue weighted by molar-refractivity contribution is -0.111. The summed E-state index contributed by atoms with van der Waals surface area (Å²) in [6.45, 7) is 3.66. The molecule has 0 aliphatic carbocycles. The fourth-order valence-electron chi connectivity index (χ4n) is 1.62. The molecule has 3 nitrogen and oxygen atoms in total. The van der Waals surface area contributed by atoms with Crippen LogP contribution in [0.1, 0.15) is 5.56 Å². The van der Waals surface area contributed by atoms with Gasteiger partial charge in [0.1, 0.15) is 18.2 Å². The fourth-order valence-corrected chi connectivity index (χ4v) is 1.62. The van der Waals surface area contributed by atoms with Gasteiger partial charge in [-0.05, 0) is 48.0 Å². The van der Waals surface area contributed by atoms with Crippen LogP contribution in [0.3, 0.4) is 0 Å². The lowest BCUT2D eigenvalue weighted by Crippen LogP contribution is -2.06. The van der Waals surface area contributed by atoms with Crippen LogP contribution in [-0.4, -0.2) is 5.91 Å². The highest BCUT2D eigenvalue weighted by atomic mass is 19.1. The van der Waals surface area contributed by atoms with Crippen molar-refractivity contribution in [2.45, 2.75) is 6.61 Å². The van der Waals surface area contributed by atoms with Crippen molar-refractivity contribution >= 4 is 11.6 Å². The van der Waals surface area contributed by atoms with Crippen molar-refractivity contribution in [2.24, 2.45) is 0 Å². The fraction of sp³-hybridized carbons (Fsp3) is 0.0625. The van der Waals surface area contributed by atoms with Gasteiger partial charge in [0.15, 0.2) is 0 Å². The van der Waals surface area contributed by atoms with E-state index >= 15 is 0 Å². The predicted molar refractivity (Wildman–Crippen MR) is 76.0 cm³/mol. The summed E-state index contributed by atoms with van der Waals surface area (Å²) >= 11 is 0. The van der Waals surface area contributed by atoms with Crippen LogP contribution in [0.15, 0.2) is 61.2 Å². The molecule has 20 heavy (non-hydrogen) atoms. The highest BCUT2D eigenvalue weighted by Gasteiger charge is 2.00. The third kappa shape index (κ3) is 3.95. The number of halogens is 1. The molecule has 0 heterocycles. The maximum Gasteiger partial charge on any atom is 0.247 e. The van der Waals surface area contributed by atoms with Crippen molar-refractivity contribution in [3.8, 4) is 5.75 Å². The van der Waals surface area contributed by atoms with Gasteiger partial charge >= 0.3 is 0 Å². The Morgan fingerprint density at radius 2 is 2.00 bits per heavy atom. The molecule has 0 spiro atoms. The maximum atomic E-state index is 13.0. The zero-order valence-corrected chi connectivity index (χ0v) is 10.8. The Morgan fingerprint density at radius 1 is 1.25 bits per heavy atom. The van der Waals surface area contributed by atoms with E-state index in [1.807, 2.05) is 0 Å². The van der Waals surface area contributed by atoms with Crippen molar-refractivity contribution in [3.05, 3.63) is 72.6 Å². The molecular weight excluding hydrogens is 257 g/mol. The first-order valence-corrected chi connectivity index (χ1v) is 6.08. The van der Waals surface area contributed by atoms with Crippen LogP contribution in [0.2, 0.25) is 0 Å². The Labute approximate surface area is 116 Å². The smallest absolute Gasteiger partial charge is 0.247 e. The van der Waals surface area contributed by atoms with E-state index in [1.165, 1.54) is 18.2 Å². The van der Waals surface area contributed by atoms with Gasteiger partial charge in [0, 0.05) is 5.69 Å². The number of hydrogen-bond donors (Lipinski definition) is 1. The van der Waals surface area contributed by atoms with Gasteiger partial charge < -0.3 is 10.1 Å². The number of carbonyl (C=O) groups is 1. The standard InChI is InChI=1S/C16H14FNO2/c1-2-16(19)18-14-6-8-15(9-7-14)20-11-12-4-3-5-13(17)10-12/h2-10H,1,11H2,(H,18,19). The normalized spacial score (nSPS) is 9.85. The van der Waals surface area contributed by atoms with Gasteiger partial charge in [-0.25, -0.2) is 4.39 Å². The highest BCUT2D eigenvalue weighted by molar-refractivity contribution is 5.98. The Bertz CT molecular complexity index is 608. The van der Waals surface area contributed by atoms with Crippen LogP contribution in [0.5, 0.6) is 5.75 Å². The second-order valence-electron chi connectivity index (χ2n) is 4.14. The molecule has 0 aromatic heterocycles. The van der Waals surface area contributed by atoms with Crippen molar-refractivity contribution in [3.63, 3.8) is 0 Å². The van der Waals surface area contributed by atoms with E-state index in [2.05, 4.69) is 11.9 Å². The second-order valence-corrected chi connectivity index (χ2v) is 4.14. The van der Waals surface area contributed by atoms with Gasteiger partial charge in [-0.3, -0.25) is 4.79 Å². The zero-order valence-electron chi connectivity index (χ0n) is 10.8. The number of carbonyl (C=O) groups excluding carboxylic acids is 1. The van der Waals surface area contributed by atoms with Crippen LogP contribution in [0.25, 0.3) is 0 Å². The van der Waals surface area contributed by atoms with Crippen LogP contribution >= 0.6 is 0 Å². The van der Waals surface area contributed by atoms with E-state index in [0.717, 1.165) is 5.56 Å². The predicted octanol–water partition coefficient (Wildman–Crippen LogP) is 3.53. The topological polar surface area (TPSA) is 38.3 Å². The minimum atomic E-state index is -0.284. The molecule has 0 bridgehead atoms. The van der Waals surface area contributed by atoms with E-state index in [1.54, 1.807) is 36.4 Å². The van der Waals surface area contributed by atoms with Crippen molar-refractivity contribution < 1.29 is 13.9 Å². The average Bonchev–Trinajstić information content (AvgIpc) is 2.46. The Morgan fingerprint density at radius 3 is 2.65 bits per heavy atom. The largest absolute Gasteiger partial charge is 0.489 e. The first kappa shape index (κ1) is 13.8. The molecule has 0 saturated heterocycles. The number of rotatable bonds is 5. The molecule has 1 amide bonds. The summed E-state index contributed by atoms with van der Waals surface area (Å²) in [6.07, 6.45) is 1.20. The number of nitrogens with one attached hydrogen (secondary N) is 1. The van der Waals surface area contributed by atoms with Crippen LogP contribution in [-0.2, 0) is 11.4 Å². The number of ether oxygens (including phenoxy) is 1. The van der Waals surface area contributed by atoms with Gasteiger partial charge in [-0.1, -0.05) is 18.7 Å². The molecule has 4 heteroatoms. The molecule has 0 atom stereocenters. The third-order valence-corrected chi connectivity index (χ3v) is 2.60. The molecule has 0 unspecified atom stereocenters. The summed E-state index contributed by atoms with van der Waals surface area (Å²) in [4.78, 5) is 11.1. The van der Waals surface area contributed by atoms with Crippen molar-refractivity contribution in [1.82, 2.24) is 0 Å². The van der Waals surface area contributed by atoms with Crippen LogP contribution < -0.4 is 10.1 Å². The van der Waals surface area contributed by atoms with E-state index in [4.69, 9.17) is 4.74 Å². The lowest BCUT2D eigenvalue weighted by Gasteiger charge is -2.07. The Hall–Kier alpha value is -2.62. The zero-order chi connectivity index (χ0) is 14.4. The molecule has 2 aromatic rings. The number of anilines is 1. The summed E-state index contributed by atoms with van der Waals surface area (Å²) in [7, 11) is 0. The molecule has 0 fully saturated rings. The molecule has 1 N–H and O–H groups in total. The van der Waals surface area contributed by atoms with Crippen LogP contribution in [0.4, 0.5) is 10.1 Å². The minimum Gasteiger partial charge on any atom is -0.489 e. The number of hydrogen-bond acceptors (Lipinski definition) is 2. The Balaban J connectivity index is 1.94. The summed E-state index contributed by atoms with van der Waals surface area (Å²) in [5.74, 6) is 0.0953. The lowest BCUT2D eigenvalue weighted by atomic mass is 10.2. The van der Waals surface area contributed by atoms with Gasteiger partial charge in [0.25, 0.3) is 0 Å². The van der Waals surface area contributed by atoms with Crippen molar-refractivity contribution in [1.29, 1.82) is 0 Å². The monoisotopic (exact) mass is 271 g/mol. The van der Waals surface area contributed by atoms with Gasteiger partial charge in [-0.15, -0.1) is 0 Å². The quantitative estimate of drug-likeness (QED) is 0.845. The number of amides is 1. The highest BCUT2D eigenvalue weighted by Crippen LogP contribution is 2.17. The molecule has 0 saturated carbocycles. The summed E-state index contributed by atoms with van der Waals surface area (Å²) < 4.78 is 18.5. The summed E-state index contributed by atoms with van der Waals surface area (Å²) in [5, 5.41) is 2.64. The molecule has 102 valence electrons. The SMILES string of the molecule is C=CC(=O)Nc1ccc(OCc2cccc(F)c2)cc1. The molecule has 0 radical (unpaired) electrons. The minimum absolute atomic E-state index is 0.265. The molecule has 0 aliphatic heterocycles. The van der Waals surface area contributed by atoms with E-state index in [-0.39, 0.29) is 18.3 Å². The first-order chi connectivity index (χ1) is 9.67. The average molecular weight is 271 g/mol.